The normalized spacial score (nSPS) is 35.7. The standard InChI is InChI=1S/C20H36O3/c1-14(8-6-12-19(3,4)22)16-10-11-17-18(23-15(2)21)9-7-13-20(16,17)5/h14,16-18,22H,6-13H2,1-5H3. The first-order chi connectivity index (χ1) is 10.6. The van der Waals surface area contributed by atoms with E-state index in [1.807, 2.05) is 13.8 Å². The highest BCUT2D eigenvalue weighted by molar-refractivity contribution is 5.66. The van der Waals surface area contributed by atoms with Gasteiger partial charge in [0.15, 0.2) is 0 Å². The molecule has 3 nitrogen and oxygen atoms in total. The Hall–Kier alpha value is -0.570. The van der Waals surface area contributed by atoms with Gasteiger partial charge in [0.1, 0.15) is 6.10 Å². The van der Waals surface area contributed by atoms with Crippen LogP contribution in [0.1, 0.15) is 86.0 Å². The van der Waals surface area contributed by atoms with Crippen LogP contribution in [-0.4, -0.2) is 22.8 Å². The molecule has 0 aromatic rings. The smallest absolute Gasteiger partial charge is 0.302 e. The summed E-state index contributed by atoms with van der Waals surface area (Å²) in [5.74, 6) is 1.83. The summed E-state index contributed by atoms with van der Waals surface area (Å²) >= 11 is 0. The van der Waals surface area contributed by atoms with Gasteiger partial charge >= 0.3 is 5.97 Å². The highest BCUT2D eigenvalue weighted by Crippen LogP contribution is 2.58. The number of carbonyl (C=O) groups is 1. The van der Waals surface area contributed by atoms with Crippen molar-refractivity contribution >= 4 is 5.97 Å². The largest absolute Gasteiger partial charge is 0.462 e. The number of rotatable bonds is 6. The van der Waals surface area contributed by atoms with Crippen molar-refractivity contribution in [2.75, 3.05) is 0 Å². The van der Waals surface area contributed by atoms with Gasteiger partial charge < -0.3 is 9.84 Å². The zero-order chi connectivity index (χ0) is 17.3. The fraction of sp³-hybridized carbons (Fsp3) is 0.950. The van der Waals surface area contributed by atoms with E-state index in [0.717, 1.165) is 25.2 Å². The average Bonchev–Trinajstić information content (AvgIpc) is 2.74. The molecule has 2 fully saturated rings. The number of aliphatic hydroxyl groups is 1. The molecule has 2 saturated carbocycles. The van der Waals surface area contributed by atoms with E-state index in [4.69, 9.17) is 4.74 Å². The van der Waals surface area contributed by atoms with Gasteiger partial charge in [-0.25, -0.2) is 0 Å². The third-order valence-corrected chi connectivity index (χ3v) is 6.59. The van der Waals surface area contributed by atoms with Gasteiger partial charge in [-0.05, 0) is 69.6 Å². The molecule has 3 heteroatoms. The van der Waals surface area contributed by atoms with Crippen LogP contribution in [0.4, 0.5) is 0 Å². The number of esters is 1. The van der Waals surface area contributed by atoms with E-state index < -0.39 is 5.60 Å². The molecule has 0 heterocycles. The predicted octanol–water partition coefficient (Wildman–Crippen LogP) is 4.71. The van der Waals surface area contributed by atoms with Crippen molar-refractivity contribution in [3.8, 4) is 0 Å². The third kappa shape index (κ3) is 4.49. The van der Waals surface area contributed by atoms with Crippen molar-refractivity contribution in [1.29, 1.82) is 0 Å². The molecule has 5 atom stereocenters. The Morgan fingerprint density at radius 2 is 2.04 bits per heavy atom. The molecule has 0 aromatic carbocycles. The minimum Gasteiger partial charge on any atom is -0.462 e. The van der Waals surface area contributed by atoms with Gasteiger partial charge in [-0.1, -0.05) is 26.7 Å². The molecule has 5 unspecified atom stereocenters. The van der Waals surface area contributed by atoms with Crippen LogP contribution in [0.2, 0.25) is 0 Å². The SMILES string of the molecule is CC(=O)OC1CCCC2(C)C(C(C)CCCC(C)(C)O)CCC12. The average molecular weight is 325 g/mol. The Kier molecular flexibility index (Phi) is 5.81. The molecule has 0 aromatic heterocycles. The number of fused-ring (bicyclic) bond motifs is 1. The van der Waals surface area contributed by atoms with Crippen molar-refractivity contribution in [1.82, 2.24) is 0 Å². The van der Waals surface area contributed by atoms with Gasteiger partial charge in [-0.15, -0.1) is 0 Å². The van der Waals surface area contributed by atoms with Gasteiger partial charge in [0.25, 0.3) is 0 Å². The maximum absolute atomic E-state index is 11.4. The second-order valence-corrected chi connectivity index (χ2v) is 9.02. The molecule has 0 spiro atoms. The van der Waals surface area contributed by atoms with Crippen LogP contribution in [0.25, 0.3) is 0 Å². The molecular formula is C20H36O3. The van der Waals surface area contributed by atoms with Crippen molar-refractivity contribution in [2.45, 2.75) is 97.7 Å². The molecule has 2 aliphatic rings. The van der Waals surface area contributed by atoms with E-state index in [9.17, 15) is 9.90 Å². The second-order valence-electron chi connectivity index (χ2n) is 9.02. The monoisotopic (exact) mass is 324 g/mol. The highest BCUT2D eigenvalue weighted by atomic mass is 16.5. The first-order valence-electron chi connectivity index (χ1n) is 9.53. The van der Waals surface area contributed by atoms with Gasteiger partial charge in [0, 0.05) is 12.8 Å². The van der Waals surface area contributed by atoms with Gasteiger partial charge in [-0.2, -0.15) is 0 Å². The number of carbonyl (C=O) groups excluding carboxylic acids is 1. The Morgan fingerprint density at radius 1 is 1.35 bits per heavy atom. The molecule has 0 saturated heterocycles. The molecule has 0 radical (unpaired) electrons. The Morgan fingerprint density at radius 3 is 2.65 bits per heavy atom. The maximum atomic E-state index is 11.4. The van der Waals surface area contributed by atoms with Crippen LogP contribution < -0.4 is 0 Å². The lowest BCUT2D eigenvalue weighted by Gasteiger charge is -2.46. The minimum absolute atomic E-state index is 0.124. The number of hydrogen-bond acceptors (Lipinski definition) is 3. The molecule has 134 valence electrons. The minimum atomic E-state index is -0.549. The molecule has 2 rings (SSSR count). The molecule has 23 heavy (non-hydrogen) atoms. The van der Waals surface area contributed by atoms with Crippen LogP contribution in [0.3, 0.4) is 0 Å². The quantitative estimate of drug-likeness (QED) is 0.720. The topological polar surface area (TPSA) is 46.5 Å². The molecule has 0 bridgehead atoms. The van der Waals surface area contributed by atoms with Crippen LogP contribution in [0, 0.1) is 23.2 Å². The van der Waals surface area contributed by atoms with Gasteiger partial charge in [0.2, 0.25) is 0 Å². The highest BCUT2D eigenvalue weighted by Gasteiger charge is 2.53. The number of ether oxygens (including phenoxy) is 1. The van der Waals surface area contributed by atoms with Gasteiger partial charge in [-0.3, -0.25) is 4.79 Å². The van der Waals surface area contributed by atoms with E-state index >= 15 is 0 Å². The molecule has 2 aliphatic carbocycles. The van der Waals surface area contributed by atoms with Crippen LogP contribution in [0.5, 0.6) is 0 Å². The zero-order valence-corrected chi connectivity index (χ0v) is 15.7. The summed E-state index contributed by atoms with van der Waals surface area (Å²) in [7, 11) is 0. The third-order valence-electron chi connectivity index (χ3n) is 6.59. The zero-order valence-electron chi connectivity index (χ0n) is 15.7. The van der Waals surface area contributed by atoms with E-state index in [1.54, 1.807) is 0 Å². The maximum Gasteiger partial charge on any atom is 0.302 e. The fourth-order valence-electron chi connectivity index (χ4n) is 5.51. The van der Waals surface area contributed by atoms with Crippen molar-refractivity contribution in [2.24, 2.45) is 23.2 Å². The van der Waals surface area contributed by atoms with Crippen molar-refractivity contribution in [3.63, 3.8) is 0 Å². The summed E-state index contributed by atoms with van der Waals surface area (Å²) in [4.78, 5) is 11.4. The predicted molar refractivity (Wildman–Crippen MR) is 93.0 cm³/mol. The first kappa shape index (κ1) is 18.8. The van der Waals surface area contributed by atoms with E-state index in [2.05, 4.69) is 13.8 Å². The summed E-state index contributed by atoms with van der Waals surface area (Å²) in [6.45, 7) is 10.2. The first-order valence-corrected chi connectivity index (χ1v) is 9.53. The summed E-state index contributed by atoms with van der Waals surface area (Å²) in [6.07, 6.45) is 9.26. The van der Waals surface area contributed by atoms with Crippen LogP contribution >= 0.6 is 0 Å². The Labute approximate surface area is 142 Å². The second kappa shape index (κ2) is 7.13. The molecular weight excluding hydrogens is 288 g/mol. The van der Waals surface area contributed by atoms with Crippen LogP contribution in [0.15, 0.2) is 0 Å². The summed E-state index contributed by atoms with van der Waals surface area (Å²) in [5, 5.41) is 9.90. The van der Waals surface area contributed by atoms with E-state index in [0.29, 0.717) is 17.3 Å². The molecule has 1 N–H and O–H groups in total. The molecule has 0 aliphatic heterocycles. The van der Waals surface area contributed by atoms with Crippen LogP contribution in [-0.2, 0) is 9.53 Å². The Bertz CT molecular complexity index is 412. The number of hydrogen-bond donors (Lipinski definition) is 1. The summed E-state index contributed by atoms with van der Waals surface area (Å²) in [5.41, 5.74) is -0.223. The fourth-order valence-corrected chi connectivity index (χ4v) is 5.51. The summed E-state index contributed by atoms with van der Waals surface area (Å²) < 4.78 is 5.65. The van der Waals surface area contributed by atoms with Crippen molar-refractivity contribution in [3.05, 3.63) is 0 Å². The van der Waals surface area contributed by atoms with Crippen molar-refractivity contribution < 1.29 is 14.6 Å². The lowest BCUT2D eigenvalue weighted by molar-refractivity contribution is -0.155. The van der Waals surface area contributed by atoms with E-state index in [1.165, 1.54) is 39.0 Å². The lowest BCUT2D eigenvalue weighted by atomic mass is 9.61. The van der Waals surface area contributed by atoms with Gasteiger partial charge in [0.05, 0.1) is 5.60 Å². The van der Waals surface area contributed by atoms with E-state index in [-0.39, 0.29) is 12.1 Å². The lowest BCUT2D eigenvalue weighted by Crippen LogP contribution is -2.43. The summed E-state index contributed by atoms with van der Waals surface area (Å²) in [6, 6.07) is 0. The molecule has 0 amide bonds. The Balaban J connectivity index is 1.97.